The zero-order valence-electron chi connectivity index (χ0n) is 6.50. The first-order valence-electron chi connectivity index (χ1n) is 3.35. The van der Waals surface area contributed by atoms with Crippen molar-refractivity contribution in [3.63, 3.8) is 0 Å². The van der Waals surface area contributed by atoms with Crippen LogP contribution in [0.5, 0.6) is 0 Å². The zero-order chi connectivity index (χ0) is 10.3. The molecule has 0 saturated heterocycles. The maximum absolute atomic E-state index is 9.75. The van der Waals surface area contributed by atoms with Gasteiger partial charge in [0.25, 0.3) is 5.71 Å². The fraction of sp³-hybridized carbons (Fsp3) is 0.167. The van der Waals surface area contributed by atoms with Crippen molar-refractivity contribution in [3.8, 4) is 0 Å². The lowest BCUT2D eigenvalue weighted by Gasteiger charge is -1.94. The van der Waals surface area contributed by atoms with Crippen molar-refractivity contribution in [1.82, 2.24) is 0 Å². The summed E-state index contributed by atoms with van der Waals surface area (Å²) in [6.45, 7) is 0. The van der Waals surface area contributed by atoms with Crippen LogP contribution in [0.1, 0.15) is 6.42 Å². The molecule has 0 atom stereocenters. The van der Waals surface area contributed by atoms with Gasteiger partial charge in [-0.15, -0.1) is 0 Å². The Balaban J connectivity index is 0.000000252. The van der Waals surface area contributed by atoms with Gasteiger partial charge in [0.15, 0.2) is 0 Å². The molecule has 0 heterocycles. The van der Waals surface area contributed by atoms with Crippen LogP contribution in [-0.4, -0.2) is 17.8 Å². The van der Waals surface area contributed by atoms with Crippen molar-refractivity contribution in [1.29, 1.82) is 0 Å². The third-order valence-electron chi connectivity index (χ3n) is 0.991. The van der Waals surface area contributed by atoms with Crippen LogP contribution in [0.3, 0.4) is 0 Å². The number of hydrogen-bond acceptors (Lipinski definition) is 0. The van der Waals surface area contributed by atoms with Crippen LogP contribution in [0.25, 0.3) is 5.53 Å². The van der Waals surface area contributed by atoms with Gasteiger partial charge >= 0.3 is 7.25 Å². The average Bonchev–Trinajstić information content (AvgIpc) is 2.03. The summed E-state index contributed by atoms with van der Waals surface area (Å²) in [7, 11) is -6.00. The SMILES string of the molecule is F[B-](F)(F)F.[N-]=[N+]=C1C=CC=CC1. The van der Waals surface area contributed by atoms with Crippen molar-refractivity contribution in [2.75, 3.05) is 0 Å². The molecule has 1 aliphatic rings. The summed E-state index contributed by atoms with van der Waals surface area (Å²) in [6, 6.07) is 0. The van der Waals surface area contributed by atoms with Crippen molar-refractivity contribution >= 4 is 13.0 Å². The van der Waals surface area contributed by atoms with Gasteiger partial charge in [-0.2, -0.15) is 4.79 Å². The van der Waals surface area contributed by atoms with Crippen LogP contribution >= 0.6 is 0 Å². The van der Waals surface area contributed by atoms with Crippen LogP contribution in [0.15, 0.2) is 24.3 Å². The molecule has 0 bridgehead atoms. The Labute approximate surface area is 72.3 Å². The minimum absolute atomic E-state index is 0.715. The molecule has 7 heteroatoms. The Kier molecular flexibility index (Phi) is 4.76. The lowest BCUT2D eigenvalue weighted by molar-refractivity contribution is -0.00537. The fourth-order valence-electron chi connectivity index (χ4n) is 0.576. The highest BCUT2D eigenvalue weighted by atomic mass is 19.5. The highest BCUT2D eigenvalue weighted by Crippen LogP contribution is 2.06. The van der Waals surface area contributed by atoms with Gasteiger partial charge in [0.2, 0.25) is 0 Å². The van der Waals surface area contributed by atoms with E-state index in [0.717, 1.165) is 6.42 Å². The molecular weight excluding hydrogens is 187 g/mol. The minimum atomic E-state index is -6.00. The fourth-order valence-corrected chi connectivity index (χ4v) is 0.576. The Morgan fingerprint density at radius 1 is 1.23 bits per heavy atom. The summed E-state index contributed by atoms with van der Waals surface area (Å²) in [5.41, 5.74) is 8.91. The van der Waals surface area contributed by atoms with Crippen LogP contribution in [0, 0.1) is 0 Å². The first-order chi connectivity index (χ1) is 5.93. The number of rotatable bonds is 0. The van der Waals surface area contributed by atoms with E-state index < -0.39 is 7.25 Å². The van der Waals surface area contributed by atoms with Crippen molar-refractivity contribution in [2.45, 2.75) is 6.42 Å². The predicted octanol–water partition coefficient (Wildman–Crippen LogP) is 2.47. The van der Waals surface area contributed by atoms with Crippen LogP contribution < -0.4 is 0 Å². The molecule has 0 aromatic rings. The highest BCUT2D eigenvalue weighted by Gasteiger charge is 2.20. The summed E-state index contributed by atoms with van der Waals surface area (Å²) in [4.78, 5) is 3.03. The molecule has 0 amide bonds. The van der Waals surface area contributed by atoms with Gasteiger partial charge in [-0.1, -0.05) is 18.2 Å². The number of halogens is 4. The molecule has 0 aromatic carbocycles. The molecular formula is C6H6BF4N2-. The average molecular weight is 193 g/mol. The monoisotopic (exact) mass is 193 g/mol. The van der Waals surface area contributed by atoms with Gasteiger partial charge in [0, 0.05) is 6.08 Å². The summed E-state index contributed by atoms with van der Waals surface area (Å²) in [6.07, 6.45) is 8.23. The standard InChI is InChI=1S/C6H6N2.BF4/c7-8-6-4-2-1-3-5-6;2-1(3,4)5/h1-4H,5H2;/q;-1. The Morgan fingerprint density at radius 2 is 1.77 bits per heavy atom. The smallest absolute Gasteiger partial charge is 0.418 e. The van der Waals surface area contributed by atoms with E-state index in [0.29, 0.717) is 5.71 Å². The van der Waals surface area contributed by atoms with Gasteiger partial charge in [0.1, 0.15) is 0 Å². The van der Waals surface area contributed by atoms with Crippen LogP contribution in [0.2, 0.25) is 0 Å². The Hall–Kier alpha value is -1.36. The quantitative estimate of drug-likeness (QED) is 0.245. The first kappa shape index (κ1) is 11.6. The molecule has 0 spiro atoms. The first-order valence-corrected chi connectivity index (χ1v) is 3.35. The third kappa shape index (κ3) is 10.6. The molecule has 0 radical (unpaired) electrons. The highest BCUT2D eigenvalue weighted by molar-refractivity contribution is 6.50. The summed E-state index contributed by atoms with van der Waals surface area (Å²) >= 11 is 0. The lowest BCUT2D eigenvalue weighted by atomic mass is 10.2. The maximum Gasteiger partial charge on any atom is 0.673 e. The van der Waals surface area contributed by atoms with E-state index in [1.54, 1.807) is 6.08 Å². The van der Waals surface area contributed by atoms with E-state index in [-0.39, 0.29) is 0 Å². The van der Waals surface area contributed by atoms with Gasteiger partial charge in [-0.05, 0) is 0 Å². The Morgan fingerprint density at radius 3 is 2.00 bits per heavy atom. The summed E-state index contributed by atoms with van der Waals surface area (Å²) in [5.74, 6) is 0. The van der Waals surface area contributed by atoms with E-state index in [2.05, 4.69) is 4.79 Å². The van der Waals surface area contributed by atoms with E-state index >= 15 is 0 Å². The van der Waals surface area contributed by atoms with Crippen molar-refractivity contribution < 1.29 is 22.1 Å². The second-order valence-corrected chi connectivity index (χ2v) is 2.08. The lowest BCUT2D eigenvalue weighted by Crippen LogP contribution is -2.02. The molecule has 13 heavy (non-hydrogen) atoms. The molecule has 2 nitrogen and oxygen atoms in total. The topological polar surface area (TPSA) is 36.4 Å². The third-order valence-corrected chi connectivity index (χ3v) is 0.991. The molecule has 0 saturated carbocycles. The molecule has 0 N–H and O–H groups in total. The number of nitrogens with zero attached hydrogens (tertiary/aromatic N) is 2. The van der Waals surface area contributed by atoms with E-state index in [1.807, 2.05) is 18.2 Å². The second kappa shape index (κ2) is 5.32. The molecule has 0 unspecified atom stereocenters. The minimum Gasteiger partial charge on any atom is -0.418 e. The van der Waals surface area contributed by atoms with E-state index in [9.17, 15) is 17.3 Å². The van der Waals surface area contributed by atoms with Gasteiger partial charge in [-0.3, -0.25) is 0 Å². The van der Waals surface area contributed by atoms with Crippen LogP contribution in [-0.2, 0) is 0 Å². The van der Waals surface area contributed by atoms with Crippen molar-refractivity contribution in [3.05, 3.63) is 29.8 Å². The van der Waals surface area contributed by atoms with E-state index in [4.69, 9.17) is 5.53 Å². The largest absolute Gasteiger partial charge is 0.673 e. The summed E-state index contributed by atoms with van der Waals surface area (Å²) < 4.78 is 39.0. The normalized spacial score (nSPS) is 14.6. The summed E-state index contributed by atoms with van der Waals surface area (Å²) in [5, 5.41) is 0. The molecule has 0 fully saturated rings. The second-order valence-electron chi connectivity index (χ2n) is 2.08. The van der Waals surface area contributed by atoms with Crippen molar-refractivity contribution in [2.24, 2.45) is 0 Å². The van der Waals surface area contributed by atoms with Crippen LogP contribution in [0.4, 0.5) is 17.3 Å². The number of hydrogen-bond donors (Lipinski definition) is 0. The zero-order valence-corrected chi connectivity index (χ0v) is 6.50. The van der Waals surface area contributed by atoms with Gasteiger partial charge in [-0.25, -0.2) is 0 Å². The van der Waals surface area contributed by atoms with Gasteiger partial charge < -0.3 is 22.8 Å². The maximum atomic E-state index is 9.75. The predicted molar refractivity (Wildman–Crippen MR) is 41.7 cm³/mol. The van der Waals surface area contributed by atoms with Gasteiger partial charge in [0.05, 0.1) is 6.42 Å². The molecule has 0 aromatic heterocycles. The number of allylic oxidation sites excluding steroid dienone is 4. The van der Waals surface area contributed by atoms with E-state index in [1.165, 1.54) is 0 Å². The molecule has 72 valence electrons. The molecule has 0 aliphatic heterocycles. The molecule has 1 rings (SSSR count). The molecule has 1 aliphatic carbocycles. The Bertz CT molecular complexity index is 256.